The Bertz CT molecular complexity index is 1120. The van der Waals surface area contributed by atoms with Crippen molar-refractivity contribution in [3.63, 3.8) is 0 Å². The Morgan fingerprint density at radius 2 is 1.48 bits per heavy atom. The lowest BCUT2D eigenvalue weighted by Crippen LogP contribution is -2.22. The third-order valence-corrected chi connectivity index (χ3v) is 8.92. The molecule has 1 aromatic rings. The maximum Gasteiger partial charge on any atom is 0.0143 e. The van der Waals surface area contributed by atoms with Gasteiger partial charge in [-0.05, 0) is 97.1 Å². The molecule has 2 atom stereocenters. The minimum atomic E-state index is 0. The van der Waals surface area contributed by atoms with Crippen molar-refractivity contribution in [3.8, 4) is 12.3 Å². The number of hydrogen-bond donors (Lipinski definition) is 0. The Labute approximate surface area is 321 Å². The molecule has 0 saturated heterocycles. The van der Waals surface area contributed by atoms with E-state index in [-0.39, 0.29) is 7.43 Å². The number of aryl methyl sites for hydroxylation is 1. The van der Waals surface area contributed by atoms with E-state index in [0.29, 0.717) is 11.3 Å². The monoisotopic (exact) mass is 707 g/mol. The summed E-state index contributed by atoms with van der Waals surface area (Å²) in [6.07, 6.45) is 24.8. The minimum Gasteiger partial charge on any atom is -0.133 e. The summed E-state index contributed by atoms with van der Waals surface area (Å²) in [7, 11) is 0. The first kappa shape index (κ1) is 59.5. The number of allylic oxidation sites excluding steroid dienone is 8. The second-order valence-corrected chi connectivity index (χ2v) is 13.8. The summed E-state index contributed by atoms with van der Waals surface area (Å²) >= 11 is 1.77. The van der Waals surface area contributed by atoms with E-state index in [9.17, 15) is 0 Å². The molecule has 0 aliphatic carbocycles. The van der Waals surface area contributed by atoms with Crippen LogP contribution in [0.15, 0.2) is 85.0 Å². The van der Waals surface area contributed by atoms with Crippen LogP contribution in [-0.2, 0) is 0 Å². The third kappa shape index (κ3) is 32.5. The molecule has 0 aliphatic heterocycles. The van der Waals surface area contributed by atoms with Gasteiger partial charge >= 0.3 is 0 Å². The zero-order valence-electron chi connectivity index (χ0n) is 35.8. The van der Waals surface area contributed by atoms with E-state index >= 15 is 0 Å². The second-order valence-electron chi connectivity index (χ2n) is 12.6. The molecule has 1 aromatic carbocycles. The molecule has 0 amide bonds. The summed E-state index contributed by atoms with van der Waals surface area (Å²) in [4.78, 5) is 2.46. The molecule has 0 bridgehead atoms. The Hall–Kier alpha value is -2.65. The predicted molar refractivity (Wildman–Crippen MR) is 244 cm³/mol. The lowest BCUT2D eigenvalue weighted by atomic mass is 9.73. The van der Waals surface area contributed by atoms with Gasteiger partial charge in [-0.1, -0.05) is 197 Å². The van der Waals surface area contributed by atoms with Crippen molar-refractivity contribution in [2.24, 2.45) is 23.2 Å². The molecule has 2 unspecified atom stereocenters. The van der Waals surface area contributed by atoms with Crippen molar-refractivity contribution in [2.45, 2.75) is 164 Å². The van der Waals surface area contributed by atoms with Gasteiger partial charge in [0, 0.05) is 10.8 Å². The van der Waals surface area contributed by atoms with Crippen LogP contribution in [0.25, 0.3) is 10.5 Å². The van der Waals surface area contributed by atoms with E-state index in [2.05, 4.69) is 137 Å². The van der Waals surface area contributed by atoms with Gasteiger partial charge in [0.1, 0.15) is 0 Å². The number of benzene rings is 1. The molecule has 0 aromatic heterocycles. The highest BCUT2D eigenvalue weighted by atomic mass is 32.2. The van der Waals surface area contributed by atoms with E-state index in [1.165, 1.54) is 59.3 Å². The first-order valence-corrected chi connectivity index (χ1v) is 19.9. The van der Waals surface area contributed by atoms with E-state index in [1.54, 1.807) is 23.9 Å². The SMILES string of the molecule is C.C#CC(C)C.C=C/C=C\C(=C/C)c1ccc(C)c(C(=C)S/C(=C\C)CC)c1.C=C=CC.CC.CC.CCCC(CC)CC(CC)C(C)(C)C. The van der Waals surface area contributed by atoms with Gasteiger partial charge in [0.25, 0.3) is 0 Å². The van der Waals surface area contributed by atoms with Crippen LogP contribution in [0.2, 0.25) is 0 Å². The fraction of sp³-hybridized carbons (Fsp3) is 0.571. The van der Waals surface area contributed by atoms with Crippen molar-refractivity contribution < 1.29 is 0 Å². The van der Waals surface area contributed by atoms with E-state index < -0.39 is 0 Å². The van der Waals surface area contributed by atoms with Gasteiger partial charge in [0.15, 0.2) is 0 Å². The largest absolute Gasteiger partial charge is 0.133 e. The van der Waals surface area contributed by atoms with Crippen LogP contribution in [0.1, 0.15) is 173 Å². The summed E-state index contributed by atoms with van der Waals surface area (Å²) in [5.41, 5.74) is 7.94. The number of rotatable bonds is 13. The van der Waals surface area contributed by atoms with Crippen LogP contribution in [0.5, 0.6) is 0 Å². The van der Waals surface area contributed by atoms with E-state index in [0.717, 1.165) is 23.2 Å². The molecule has 1 heteroatoms. The molecule has 0 N–H and O–H groups in total. The number of terminal acetylenes is 1. The zero-order valence-corrected chi connectivity index (χ0v) is 36.6. The first-order chi connectivity index (χ1) is 23.2. The lowest BCUT2D eigenvalue weighted by Gasteiger charge is -2.32. The Balaban J connectivity index is -0.000000148. The standard InChI is InChI=1S/C21H26S.C14H30.C5H8.C4H6.2C2H6.CH4/c1-7-11-12-18(8-2)19-14-13-16(5)21(15-19)17(6)22-20(9-3)10-4;1-7-10-12(8-2)11-13(9-3)14(4,5)6;1-4-5(2)3;1-3-4-2;2*1-2;/h7-9,11-15H,1,6,10H2,2-5H3;12-13H,7-11H2,1-6H3;1,5H,2-3H3;4H,1H2,2H3;2*1-2H3;1H4/b12-11-,18-8+,20-9-;;;;;;. The molecule has 288 valence electrons. The van der Waals surface area contributed by atoms with Crippen LogP contribution >= 0.6 is 11.8 Å². The summed E-state index contributed by atoms with van der Waals surface area (Å²) in [5.74, 6) is 4.80. The van der Waals surface area contributed by atoms with Crippen molar-refractivity contribution in [1.29, 1.82) is 0 Å². The quantitative estimate of drug-likeness (QED) is 0.112. The smallest absolute Gasteiger partial charge is 0.0143 e. The van der Waals surface area contributed by atoms with Crippen LogP contribution in [-0.4, -0.2) is 0 Å². The molecular weight excluding hydrogens is 621 g/mol. The summed E-state index contributed by atoms with van der Waals surface area (Å²) in [5, 5.41) is 0. The van der Waals surface area contributed by atoms with Gasteiger partial charge < -0.3 is 0 Å². The third-order valence-electron chi connectivity index (χ3n) is 7.67. The maximum atomic E-state index is 4.92. The molecule has 0 fully saturated rings. The molecule has 0 radical (unpaired) electrons. The fourth-order valence-corrected chi connectivity index (χ4v) is 5.52. The molecule has 0 saturated carbocycles. The molecule has 0 nitrogen and oxygen atoms in total. The van der Waals surface area contributed by atoms with Crippen molar-refractivity contribution in [2.75, 3.05) is 0 Å². The van der Waals surface area contributed by atoms with Gasteiger partial charge in [-0.25, -0.2) is 0 Å². The summed E-state index contributed by atoms with van der Waals surface area (Å²) < 4.78 is 0. The molecule has 50 heavy (non-hydrogen) atoms. The predicted octanol–water partition coefficient (Wildman–Crippen LogP) is 17.7. The van der Waals surface area contributed by atoms with Crippen molar-refractivity contribution >= 4 is 22.2 Å². The van der Waals surface area contributed by atoms with Gasteiger partial charge in [-0.3, -0.25) is 0 Å². The van der Waals surface area contributed by atoms with Crippen molar-refractivity contribution in [3.05, 3.63) is 102 Å². The summed E-state index contributed by atoms with van der Waals surface area (Å²) in [6, 6.07) is 6.56. The molecule has 1 rings (SSSR count). The number of hydrogen-bond acceptors (Lipinski definition) is 1. The lowest BCUT2D eigenvalue weighted by molar-refractivity contribution is 0.182. The summed E-state index contributed by atoms with van der Waals surface area (Å²) in [6.45, 7) is 47.8. The average Bonchev–Trinajstić information content (AvgIpc) is 3.11. The molecule has 0 aliphatic rings. The Morgan fingerprint density at radius 3 is 1.80 bits per heavy atom. The highest BCUT2D eigenvalue weighted by Gasteiger charge is 2.25. The van der Waals surface area contributed by atoms with Crippen LogP contribution in [0.3, 0.4) is 0 Å². The minimum absolute atomic E-state index is 0. The van der Waals surface area contributed by atoms with Gasteiger partial charge in [-0.15, -0.1) is 18.1 Å². The molecule has 0 spiro atoms. The average molecular weight is 707 g/mol. The van der Waals surface area contributed by atoms with Crippen LogP contribution < -0.4 is 0 Å². The van der Waals surface area contributed by atoms with Crippen LogP contribution in [0.4, 0.5) is 0 Å². The fourth-order valence-electron chi connectivity index (χ4n) is 4.61. The van der Waals surface area contributed by atoms with Crippen LogP contribution in [0, 0.1) is 42.4 Å². The van der Waals surface area contributed by atoms with E-state index in [4.69, 9.17) is 6.42 Å². The maximum absolute atomic E-state index is 4.92. The van der Waals surface area contributed by atoms with E-state index in [1.807, 2.05) is 54.5 Å². The first-order valence-electron chi connectivity index (χ1n) is 19.1. The molecule has 0 heterocycles. The number of thioether (sulfide) groups is 1. The Morgan fingerprint density at radius 1 is 0.960 bits per heavy atom. The van der Waals surface area contributed by atoms with Gasteiger partial charge in [-0.2, -0.15) is 0 Å². The normalized spacial score (nSPS) is 11.6. The van der Waals surface area contributed by atoms with Gasteiger partial charge in [0.05, 0.1) is 0 Å². The van der Waals surface area contributed by atoms with Crippen molar-refractivity contribution in [1.82, 2.24) is 0 Å². The second kappa shape index (κ2) is 40.8. The molecular formula is C49H86S. The zero-order chi connectivity index (χ0) is 39.4. The topological polar surface area (TPSA) is 0 Å². The highest BCUT2D eigenvalue weighted by molar-refractivity contribution is 8.11. The highest BCUT2D eigenvalue weighted by Crippen LogP contribution is 2.37. The van der Waals surface area contributed by atoms with Gasteiger partial charge in [0.2, 0.25) is 0 Å². The Kier molecular flexibility index (Phi) is 48.5.